The molecule has 0 radical (unpaired) electrons. The van der Waals surface area contributed by atoms with Crippen molar-refractivity contribution >= 4 is 22.8 Å². The minimum absolute atomic E-state index is 0.00666. The molecule has 2 aromatic heterocycles. The predicted molar refractivity (Wildman–Crippen MR) is 103 cm³/mol. The fourth-order valence-electron chi connectivity index (χ4n) is 2.79. The van der Waals surface area contributed by atoms with E-state index in [1.165, 1.54) is 23.1 Å². The molecule has 1 amide bonds. The highest BCUT2D eigenvalue weighted by Crippen LogP contribution is 2.24. The standard InChI is InChI=1S/C19H13F3N6O3/c20-19(21,22)31-14-8-6-12(7-9-14)24-15(29)10-27-11-23-17-16(18(27)30)25-26-28(17)13-4-2-1-3-5-13/h1-9,11H,10H2,(H,24,29). The molecule has 4 rings (SSSR count). The van der Waals surface area contributed by atoms with Crippen LogP contribution in [0.25, 0.3) is 16.9 Å². The number of rotatable bonds is 5. The van der Waals surface area contributed by atoms with E-state index in [1.807, 2.05) is 6.07 Å². The number of carbonyl (C=O) groups is 1. The Labute approximate surface area is 171 Å². The molecule has 0 aliphatic carbocycles. The van der Waals surface area contributed by atoms with Crippen LogP contribution in [0, 0.1) is 0 Å². The van der Waals surface area contributed by atoms with E-state index < -0.39 is 23.6 Å². The SMILES string of the molecule is O=C(Cn1cnc2c(nnn2-c2ccccc2)c1=O)Nc1ccc(OC(F)(F)F)cc1. The van der Waals surface area contributed by atoms with Gasteiger partial charge in [0.15, 0.2) is 11.2 Å². The number of amides is 1. The Kier molecular flexibility index (Phi) is 5.11. The third-order valence-corrected chi connectivity index (χ3v) is 4.12. The summed E-state index contributed by atoms with van der Waals surface area (Å²) in [5.74, 6) is -0.999. The number of nitrogens with zero attached hydrogens (tertiary/aromatic N) is 5. The molecule has 9 nitrogen and oxygen atoms in total. The number of ether oxygens (including phenoxy) is 1. The Morgan fingerprint density at radius 1 is 1.06 bits per heavy atom. The normalized spacial score (nSPS) is 11.5. The number of para-hydroxylation sites is 1. The van der Waals surface area contributed by atoms with Crippen molar-refractivity contribution in [2.45, 2.75) is 12.9 Å². The third-order valence-electron chi connectivity index (χ3n) is 4.12. The van der Waals surface area contributed by atoms with Gasteiger partial charge in [0.05, 0.1) is 5.69 Å². The van der Waals surface area contributed by atoms with Crippen LogP contribution in [0.3, 0.4) is 0 Å². The zero-order chi connectivity index (χ0) is 22.0. The lowest BCUT2D eigenvalue weighted by atomic mass is 10.3. The molecule has 0 spiro atoms. The molecule has 12 heteroatoms. The van der Waals surface area contributed by atoms with Crippen LogP contribution in [0.5, 0.6) is 5.75 Å². The van der Waals surface area contributed by atoms with Crippen LogP contribution in [0.1, 0.15) is 0 Å². The fraction of sp³-hybridized carbons (Fsp3) is 0.105. The largest absolute Gasteiger partial charge is 0.573 e. The first kappa shape index (κ1) is 20.1. The minimum atomic E-state index is -4.81. The van der Waals surface area contributed by atoms with Crippen LogP contribution in [0.15, 0.2) is 65.7 Å². The van der Waals surface area contributed by atoms with Crippen molar-refractivity contribution < 1.29 is 22.7 Å². The molecule has 4 aromatic rings. The van der Waals surface area contributed by atoms with Crippen LogP contribution in [0.4, 0.5) is 18.9 Å². The monoisotopic (exact) mass is 430 g/mol. The number of halogens is 3. The molecular formula is C19H13F3N6O3. The van der Waals surface area contributed by atoms with Gasteiger partial charge in [-0.3, -0.25) is 14.2 Å². The molecule has 2 aromatic carbocycles. The summed E-state index contributed by atoms with van der Waals surface area (Å²) in [6.07, 6.45) is -3.60. The van der Waals surface area contributed by atoms with Gasteiger partial charge in [-0.05, 0) is 36.4 Å². The maximum Gasteiger partial charge on any atom is 0.573 e. The second-order valence-electron chi connectivity index (χ2n) is 6.31. The zero-order valence-electron chi connectivity index (χ0n) is 15.6. The van der Waals surface area contributed by atoms with Gasteiger partial charge >= 0.3 is 6.36 Å². The van der Waals surface area contributed by atoms with Gasteiger partial charge in [-0.1, -0.05) is 23.4 Å². The van der Waals surface area contributed by atoms with Gasteiger partial charge in [0.2, 0.25) is 5.91 Å². The maximum absolute atomic E-state index is 12.6. The lowest BCUT2D eigenvalue weighted by Crippen LogP contribution is -2.28. The predicted octanol–water partition coefficient (Wildman–Crippen LogP) is 2.51. The number of benzene rings is 2. The molecule has 0 aliphatic rings. The van der Waals surface area contributed by atoms with Crippen LogP contribution < -0.4 is 15.6 Å². The second-order valence-corrected chi connectivity index (χ2v) is 6.31. The first-order chi connectivity index (χ1) is 14.8. The van der Waals surface area contributed by atoms with Crippen molar-refractivity contribution in [2.24, 2.45) is 0 Å². The van der Waals surface area contributed by atoms with Gasteiger partial charge < -0.3 is 10.1 Å². The molecular weight excluding hydrogens is 417 g/mol. The van der Waals surface area contributed by atoms with E-state index in [1.54, 1.807) is 24.3 Å². The Bertz CT molecular complexity index is 1280. The summed E-state index contributed by atoms with van der Waals surface area (Å²) in [6, 6.07) is 13.6. The first-order valence-corrected chi connectivity index (χ1v) is 8.82. The van der Waals surface area contributed by atoms with E-state index in [-0.39, 0.29) is 23.4 Å². The molecule has 0 saturated heterocycles. The number of aromatic nitrogens is 5. The number of fused-ring (bicyclic) bond motifs is 1. The number of hydrogen-bond donors (Lipinski definition) is 1. The summed E-state index contributed by atoms with van der Waals surface area (Å²) in [5, 5.41) is 10.3. The van der Waals surface area contributed by atoms with Gasteiger partial charge in [-0.25, -0.2) is 4.98 Å². The molecule has 158 valence electrons. The highest BCUT2D eigenvalue weighted by molar-refractivity contribution is 5.90. The lowest BCUT2D eigenvalue weighted by molar-refractivity contribution is -0.274. The van der Waals surface area contributed by atoms with E-state index in [4.69, 9.17) is 0 Å². The topological polar surface area (TPSA) is 104 Å². The number of nitrogens with one attached hydrogen (secondary N) is 1. The number of carbonyl (C=O) groups excluding carboxylic acids is 1. The van der Waals surface area contributed by atoms with Gasteiger partial charge in [0.25, 0.3) is 5.56 Å². The molecule has 0 fully saturated rings. The van der Waals surface area contributed by atoms with Crippen molar-refractivity contribution in [3.8, 4) is 11.4 Å². The number of alkyl halides is 3. The summed E-state index contributed by atoms with van der Waals surface area (Å²) >= 11 is 0. The highest BCUT2D eigenvalue weighted by atomic mass is 19.4. The van der Waals surface area contributed by atoms with E-state index in [0.717, 1.165) is 16.7 Å². The van der Waals surface area contributed by atoms with Gasteiger partial charge in [-0.2, -0.15) is 4.68 Å². The summed E-state index contributed by atoms with van der Waals surface area (Å²) in [6.45, 7) is -0.374. The highest BCUT2D eigenvalue weighted by Gasteiger charge is 2.31. The molecule has 2 heterocycles. The van der Waals surface area contributed by atoms with E-state index in [0.29, 0.717) is 5.69 Å². The minimum Gasteiger partial charge on any atom is -0.406 e. The molecule has 0 atom stereocenters. The summed E-state index contributed by atoms with van der Waals surface area (Å²) in [7, 11) is 0. The molecule has 0 unspecified atom stereocenters. The summed E-state index contributed by atoms with van der Waals surface area (Å²) in [4.78, 5) is 29.1. The molecule has 1 N–H and O–H groups in total. The molecule has 0 bridgehead atoms. The molecule has 31 heavy (non-hydrogen) atoms. The Morgan fingerprint density at radius 3 is 2.45 bits per heavy atom. The first-order valence-electron chi connectivity index (χ1n) is 8.82. The van der Waals surface area contributed by atoms with Crippen molar-refractivity contribution in [1.29, 1.82) is 0 Å². The van der Waals surface area contributed by atoms with Gasteiger partial charge in [0.1, 0.15) is 18.6 Å². The molecule has 0 aliphatic heterocycles. The van der Waals surface area contributed by atoms with Crippen molar-refractivity contribution in [3.05, 3.63) is 71.3 Å². The smallest absolute Gasteiger partial charge is 0.406 e. The van der Waals surface area contributed by atoms with Gasteiger partial charge in [0, 0.05) is 5.69 Å². The quantitative estimate of drug-likeness (QED) is 0.522. The zero-order valence-corrected chi connectivity index (χ0v) is 15.6. The van der Waals surface area contributed by atoms with E-state index in [9.17, 15) is 22.8 Å². The fourth-order valence-corrected chi connectivity index (χ4v) is 2.79. The van der Waals surface area contributed by atoms with Crippen molar-refractivity contribution in [1.82, 2.24) is 24.5 Å². The molecule has 0 saturated carbocycles. The second kappa shape index (κ2) is 7.89. The van der Waals surface area contributed by atoms with Crippen LogP contribution >= 0.6 is 0 Å². The average Bonchev–Trinajstić information content (AvgIpc) is 3.16. The van der Waals surface area contributed by atoms with Gasteiger partial charge in [-0.15, -0.1) is 18.3 Å². The average molecular weight is 430 g/mol. The van der Waals surface area contributed by atoms with Crippen molar-refractivity contribution in [3.63, 3.8) is 0 Å². The third kappa shape index (κ3) is 4.52. The van der Waals surface area contributed by atoms with Crippen LogP contribution in [0.2, 0.25) is 0 Å². The van der Waals surface area contributed by atoms with E-state index in [2.05, 4.69) is 25.3 Å². The van der Waals surface area contributed by atoms with Crippen molar-refractivity contribution in [2.75, 3.05) is 5.32 Å². The lowest BCUT2D eigenvalue weighted by Gasteiger charge is -2.10. The van der Waals surface area contributed by atoms with Crippen LogP contribution in [-0.4, -0.2) is 36.8 Å². The summed E-state index contributed by atoms with van der Waals surface area (Å²) in [5.41, 5.74) is 0.583. The Balaban J connectivity index is 1.49. The van der Waals surface area contributed by atoms with E-state index >= 15 is 0 Å². The Morgan fingerprint density at radius 2 is 1.77 bits per heavy atom. The Hall–Kier alpha value is -4.22. The number of anilines is 1. The van der Waals surface area contributed by atoms with Crippen LogP contribution in [-0.2, 0) is 11.3 Å². The number of hydrogen-bond acceptors (Lipinski definition) is 6. The summed E-state index contributed by atoms with van der Waals surface area (Å²) < 4.78 is 42.8. The maximum atomic E-state index is 12.6.